The number of nitrogens with zero attached hydrogens (tertiary/aromatic N) is 4. The van der Waals surface area contributed by atoms with Gasteiger partial charge in [-0.05, 0) is 43.2 Å². The van der Waals surface area contributed by atoms with Gasteiger partial charge < -0.3 is 0 Å². The number of hydrogen-bond acceptors (Lipinski definition) is 4. The Labute approximate surface area is 164 Å². The molecule has 0 aliphatic carbocycles. The Balaban J connectivity index is 1.86. The molecule has 0 aliphatic rings. The Bertz CT molecular complexity index is 1230. The lowest BCUT2D eigenvalue weighted by atomic mass is 10.1. The summed E-state index contributed by atoms with van der Waals surface area (Å²) in [5, 5.41) is 9.52. The lowest BCUT2D eigenvalue weighted by Crippen LogP contribution is -2.23. The van der Waals surface area contributed by atoms with Crippen LogP contribution in [-0.2, 0) is 6.54 Å². The van der Waals surface area contributed by atoms with Crippen molar-refractivity contribution in [3.8, 4) is 0 Å². The van der Waals surface area contributed by atoms with E-state index in [1.165, 1.54) is 17.8 Å². The molecule has 0 radical (unpaired) electrons. The molecule has 0 bridgehead atoms. The van der Waals surface area contributed by atoms with Gasteiger partial charge in [-0.1, -0.05) is 36.9 Å². The molecule has 0 fully saturated rings. The Morgan fingerprint density at radius 2 is 1.89 bits per heavy atom. The molecule has 5 nitrogen and oxygen atoms in total. The van der Waals surface area contributed by atoms with Gasteiger partial charge in [0, 0.05) is 11.8 Å². The fourth-order valence-electron chi connectivity index (χ4n) is 3.23. The van der Waals surface area contributed by atoms with Crippen molar-refractivity contribution in [3.63, 3.8) is 0 Å². The molecule has 28 heavy (non-hydrogen) atoms. The number of hydrogen-bond donors (Lipinski definition) is 0. The first-order chi connectivity index (χ1) is 13.5. The van der Waals surface area contributed by atoms with Crippen LogP contribution in [0.15, 0.2) is 52.4 Å². The highest BCUT2D eigenvalue weighted by Crippen LogP contribution is 2.35. The molecule has 2 heterocycles. The van der Waals surface area contributed by atoms with Gasteiger partial charge in [-0.3, -0.25) is 13.8 Å². The van der Waals surface area contributed by atoms with Crippen LogP contribution in [0.1, 0.15) is 31.1 Å². The first-order valence-corrected chi connectivity index (χ1v) is 9.87. The number of aromatic nitrogens is 4. The number of halogens is 2. The first-order valence-electron chi connectivity index (χ1n) is 8.99. The van der Waals surface area contributed by atoms with Crippen LogP contribution in [0.4, 0.5) is 8.78 Å². The van der Waals surface area contributed by atoms with E-state index in [2.05, 4.69) is 10.2 Å². The van der Waals surface area contributed by atoms with Gasteiger partial charge in [-0.2, -0.15) is 0 Å². The van der Waals surface area contributed by atoms with Crippen LogP contribution >= 0.6 is 11.8 Å². The predicted octanol–water partition coefficient (Wildman–Crippen LogP) is 4.59. The molecular weight excluding hydrogens is 382 g/mol. The number of benzene rings is 2. The average molecular weight is 400 g/mol. The minimum atomic E-state index is -0.877. The maximum absolute atomic E-state index is 13.6. The van der Waals surface area contributed by atoms with Crippen molar-refractivity contribution in [1.82, 2.24) is 19.2 Å². The second-order valence-electron chi connectivity index (χ2n) is 6.53. The van der Waals surface area contributed by atoms with Gasteiger partial charge in [0.05, 0.1) is 10.9 Å². The molecule has 0 amide bonds. The molecule has 4 rings (SSSR count). The quantitative estimate of drug-likeness (QED) is 0.460. The van der Waals surface area contributed by atoms with Crippen molar-refractivity contribution in [1.29, 1.82) is 0 Å². The van der Waals surface area contributed by atoms with Crippen molar-refractivity contribution in [2.45, 2.75) is 37.2 Å². The summed E-state index contributed by atoms with van der Waals surface area (Å²) in [5.74, 6) is -1.27. The molecular formula is C20H18F2N4OS. The summed E-state index contributed by atoms with van der Waals surface area (Å²) in [6.07, 6.45) is 0.786. The molecule has 2 aromatic carbocycles. The summed E-state index contributed by atoms with van der Waals surface area (Å²) in [5.41, 5.74) is 1.27. The largest absolute Gasteiger partial charge is 0.276 e. The third-order valence-corrected chi connectivity index (χ3v) is 5.72. The molecule has 4 aromatic rings. The van der Waals surface area contributed by atoms with Gasteiger partial charge in [0.25, 0.3) is 5.56 Å². The number of thioether (sulfide) groups is 1. The SMILES string of the molecule is CCCn1c(=O)c2ccccc2n2c(SC(C)c3ccc(F)c(F)c3)nnc12. The topological polar surface area (TPSA) is 52.2 Å². The van der Waals surface area contributed by atoms with Gasteiger partial charge in [0.15, 0.2) is 16.8 Å². The average Bonchev–Trinajstić information content (AvgIpc) is 3.10. The summed E-state index contributed by atoms with van der Waals surface area (Å²) in [6, 6.07) is 11.2. The van der Waals surface area contributed by atoms with Crippen molar-refractivity contribution in [2.24, 2.45) is 0 Å². The van der Waals surface area contributed by atoms with Crippen molar-refractivity contribution < 1.29 is 8.78 Å². The molecule has 0 saturated carbocycles. The highest BCUT2D eigenvalue weighted by Gasteiger charge is 2.19. The fraction of sp³-hybridized carbons (Fsp3) is 0.250. The molecule has 1 unspecified atom stereocenters. The van der Waals surface area contributed by atoms with Crippen LogP contribution in [0, 0.1) is 11.6 Å². The highest BCUT2D eigenvalue weighted by molar-refractivity contribution is 7.99. The van der Waals surface area contributed by atoms with E-state index in [1.54, 1.807) is 16.7 Å². The van der Waals surface area contributed by atoms with Gasteiger partial charge in [-0.15, -0.1) is 10.2 Å². The van der Waals surface area contributed by atoms with E-state index in [4.69, 9.17) is 0 Å². The van der Waals surface area contributed by atoms with Gasteiger partial charge in [0.1, 0.15) is 0 Å². The number of para-hydroxylation sites is 1. The molecule has 8 heteroatoms. The van der Waals surface area contributed by atoms with Gasteiger partial charge in [-0.25, -0.2) is 8.78 Å². The van der Waals surface area contributed by atoms with Gasteiger partial charge >= 0.3 is 0 Å². The smallest absolute Gasteiger partial charge is 0.262 e. The fourth-order valence-corrected chi connectivity index (χ4v) is 4.20. The minimum Gasteiger partial charge on any atom is -0.276 e. The summed E-state index contributed by atoms with van der Waals surface area (Å²) < 4.78 is 30.3. The Hall–Kier alpha value is -2.74. The van der Waals surface area contributed by atoms with E-state index < -0.39 is 11.6 Å². The Morgan fingerprint density at radius 1 is 1.11 bits per heavy atom. The highest BCUT2D eigenvalue weighted by atomic mass is 32.2. The van der Waals surface area contributed by atoms with Crippen molar-refractivity contribution in [3.05, 3.63) is 70.0 Å². The molecule has 0 aliphatic heterocycles. The van der Waals surface area contributed by atoms with Crippen molar-refractivity contribution in [2.75, 3.05) is 0 Å². The standard InChI is InChI=1S/C20H18F2N4OS/c1-3-10-25-18(27)14-6-4-5-7-17(14)26-19(25)23-24-20(26)28-12(2)13-8-9-15(21)16(22)11-13/h4-9,11-12H,3,10H2,1-2H3. The maximum Gasteiger partial charge on any atom is 0.262 e. The lowest BCUT2D eigenvalue weighted by molar-refractivity contribution is 0.507. The Kier molecular flexibility index (Phi) is 4.89. The summed E-state index contributed by atoms with van der Waals surface area (Å²) in [4.78, 5) is 12.9. The van der Waals surface area contributed by atoms with Crippen LogP contribution in [0.25, 0.3) is 16.7 Å². The molecule has 0 saturated heterocycles. The molecule has 144 valence electrons. The first kappa shape index (κ1) is 18.6. The normalized spacial score (nSPS) is 12.7. The van der Waals surface area contributed by atoms with Crippen LogP contribution in [-0.4, -0.2) is 19.2 Å². The van der Waals surface area contributed by atoms with E-state index >= 15 is 0 Å². The molecule has 0 N–H and O–H groups in total. The zero-order valence-electron chi connectivity index (χ0n) is 15.4. The maximum atomic E-state index is 13.6. The molecule has 2 aromatic heterocycles. The van der Waals surface area contributed by atoms with Gasteiger partial charge in [0.2, 0.25) is 5.78 Å². The molecule has 1 atom stereocenters. The van der Waals surface area contributed by atoms with E-state index in [-0.39, 0.29) is 10.8 Å². The van der Waals surface area contributed by atoms with Crippen LogP contribution in [0.2, 0.25) is 0 Å². The third kappa shape index (κ3) is 3.07. The third-order valence-electron chi connectivity index (χ3n) is 4.62. The number of fused-ring (bicyclic) bond motifs is 3. The Morgan fingerprint density at radius 3 is 2.64 bits per heavy atom. The van der Waals surface area contributed by atoms with Crippen LogP contribution < -0.4 is 5.56 Å². The number of rotatable bonds is 5. The monoisotopic (exact) mass is 400 g/mol. The number of aryl methyl sites for hydroxylation is 1. The second-order valence-corrected chi connectivity index (χ2v) is 7.83. The van der Waals surface area contributed by atoms with E-state index in [0.29, 0.717) is 28.4 Å². The van der Waals surface area contributed by atoms with E-state index in [9.17, 15) is 13.6 Å². The van der Waals surface area contributed by atoms with E-state index in [0.717, 1.165) is 18.0 Å². The molecule has 0 spiro atoms. The minimum absolute atomic E-state index is 0.0949. The summed E-state index contributed by atoms with van der Waals surface area (Å²) in [6.45, 7) is 4.42. The van der Waals surface area contributed by atoms with Crippen molar-refractivity contribution >= 4 is 28.4 Å². The second kappa shape index (κ2) is 7.35. The summed E-state index contributed by atoms with van der Waals surface area (Å²) >= 11 is 1.38. The summed E-state index contributed by atoms with van der Waals surface area (Å²) in [7, 11) is 0. The predicted molar refractivity (Wildman–Crippen MR) is 106 cm³/mol. The van der Waals surface area contributed by atoms with Crippen LogP contribution in [0.3, 0.4) is 0 Å². The lowest BCUT2D eigenvalue weighted by Gasteiger charge is -2.13. The van der Waals surface area contributed by atoms with Crippen LogP contribution in [0.5, 0.6) is 0 Å². The zero-order chi connectivity index (χ0) is 19.8. The zero-order valence-corrected chi connectivity index (χ0v) is 16.2. The van der Waals surface area contributed by atoms with E-state index in [1.807, 2.05) is 36.4 Å².